The summed E-state index contributed by atoms with van der Waals surface area (Å²) < 4.78 is 9.26. The summed E-state index contributed by atoms with van der Waals surface area (Å²) >= 11 is 1.26. The Kier molecular flexibility index (Phi) is 1.69. The van der Waals surface area contributed by atoms with E-state index in [2.05, 4.69) is 14.6 Å². The first-order chi connectivity index (χ1) is 7.34. The van der Waals surface area contributed by atoms with E-state index in [0.29, 0.717) is 28.4 Å². The lowest BCUT2D eigenvalue weighted by molar-refractivity contribution is 0.616. The van der Waals surface area contributed by atoms with Crippen molar-refractivity contribution in [3.8, 4) is 11.6 Å². The predicted octanol–water partition coefficient (Wildman–Crippen LogP) is 1.93. The fourth-order valence-electron chi connectivity index (χ4n) is 1.34. The first-order valence-corrected chi connectivity index (χ1v) is 5.11. The first kappa shape index (κ1) is 8.37. The number of nitrogens with two attached hydrogens (primary N) is 1. The normalized spacial score (nSPS) is 10.9. The second-order valence-electron chi connectivity index (χ2n) is 3.00. The molecular formula is C9H6N4OS. The van der Waals surface area contributed by atoms with Crippen LogP contribution < -0.4 is 5.73 Å². The molecule has 0 saturated heterocycles. The summed E-state index contributed by atoms with van der Waals surface area (Å²) in [5.74, 6) is 0.455. The molecule has 0 atom stereocenters. The number of nitrogen functional groups attached to an aromatic ring is 1. The van der Waals surface area contributed by atoms with E-state index in [1.54, 1.807) is 11.4 Å². The van der Waals surface area contributed by atoms with Crippen LogP contribution in [0, 0.1) is 0 Å². The van der Waals surface area contributed by atoms with Gasteiger partial charge in [0.2, 0.25) is 5.89 Å². The van der Waals surface area contributed by atoms with Crippen LogP contribution >= 0.6 is 11.5 Å². The maximum absolute atomic E-state index is 5.77. The zero-order valence-electron chi connectivity index (χ0n) is 7.54. The van der Waals surface area contributed by atoms with Crippen LogP contribution in [0.1, 0.15) is 0 Å². The third kappa shape index (κ3) is 1.26. The molecule has 15 heavy (non-hydrogen) atoms. The van der Waals surface area contributed by atoms with Crippen molar-refractivity contribution in [1.82, 2.24) is 14.6 Å². The number of benzene rings is 1. The molecule has 74 valence electrons. The van der Waals surface area contributed by atoms with E-state index in [1.165, 1.54) is 11.5 Å². The molecule has 0 radical (unpaired) electrons. The van der Waals surface area contributed by atoms with E-state index in [9.17, 15) is 0 Å². The highest BCUT2D eigenvalue weighted by Crippen LogP contribution is 2.26. The van der Waals surface area contributed by atoms with Gasteiger partial charge in [0.15, 0.2) is 11.3 Å². The zero-order chi connectivity index (χ0) is 10.3. The summed E-state index contributed by atoms with van der Waals surface area (Å²) in [6, 6.07) is 5.43. The molecule has 0 aliphatic carbocycles. The van der Waals surface area contributed by atoms with Crippen LogP contribution in [0.2, 0.25) is 0 Å². The van der Waals surface area contributed by atoms with Crippen molar-refractivity contribution in [2.24, 2.45) is 0 Å². The van der Waals surface area contributed by atoms with Gasteiger partial charge in [-0.3, -0.25) is 0 Å². The standard InChI is InChI=1S/C9H6N4OS/c10-5-2-1-3-7-8(5)11-9(14-7)6-4-15-13-12-6/h1-4H,10H2. The molecule has 3 rings (SSSR count). The Hall–Kier alpha value is -1.95. The number of aromatic nitrogens is 3. The Morgan fingerprint density at radius 1 is 1.33 bits per heavy atom. The number of oxazole rings is 1. The summed E-state index contributed by atoms with van der Waals surface area (Å²) in [5.41, 5.74) is 8.34. The summed E-state index contributed by atoms with van der Waals surface area (Å²) in [4.78, 5) is 4.27. The van der Waals surface area contributed by atoms with Crippen LogP contribution in [0.3, 0.4) is 0 Å². The fraction of sp³-hybridized carbons (Fsp3) is 0. The topological polar surface area (TPSA) is 77.8 Å². The zero-order valence-corrected chi connectivity index (χ0v) is 8.36. The SMILES string of the molecule is Nc1cccc2oc(-c3csnn3)nc12. The van der Waals surface area contributed by atoms with Crippen molar-refractivity contribution in [3.05, 3.63) is 23.6 Å². The predicted molar refractivity (Wildman–Crippen MR) is 57.3 cm³/mol. The van der Waals surface area contributed by atoms with E-state index >= 15 is 0 Å². The monoisotopic (exact) mass is 218 g/mol. The van der Waals surface area contributed by atoms with Crippen LogP contribution in [0.5, 0.6) is 0 Å². The van der Waals surface area contributed by atoms with Crippen molar-refractivity contribution in [1.29, 1.82) is 0 Å². The molecule has 2 N–H and O–H groups in total. The van der Waals surface area contributed by atoms with Crippen LogP contribution in [0.25, 0.3) is 22.7 Å². The van der Waals surface area contributed by atoms with E-state index in [-0.39, 0.29) is 0 Å². The van der Waals surface area contributed by atoms with Gasteiger partial charge in [-0.05, 0) is 23.7 Å². The molecule has 1 aromatic carbocycles. The molecule has 0 saturated carbocycles. The van der Waals surface area contributed by atoms with Crippen molar-refractivity contribution in [2.45, 2.75) is 0 Å². The van der Waals surface area contributed by atoms with Gasteiger partial charge in [-0.15, -0.1) is 5.10 Å². The van der Waals surface area contributed by atoms with Gasteiger partial charge in [0.1, 0.15) is 5.52 Å². The summed E-state index contributed by atoms with van der Waals surface area (Å²) in [6.45, 7) is 0. The maximum Gasteiger partial charge on any atom is 0.249 e. The van der Waals surface area contributed by atoms with Crippen LogP contribution in [-0.4, -0.2) is 14.6 Å². The minimum Gasteiger partial charge on any atom is -0.435 e. The summed E-state index contributed by atoms with van der Waals surface area (Å²) in [7, 11) is 0. The minimum atomic E-state index is 0.455. The number of nitrogens with zero attached hydrogens (tertiary/aromatic N) is 3. The number of fused-ring (bicyclic) bond motifs is 1. The second-order valence-corrected chi connectivity index (χ2v) is 3.61. The summed E-state index contributed by atoms with van der Waals surface area (Å²) in [6.07, 6.45) is 0. The molecule has 2 aromatic heterocycles. The molecule has 2 heterocycles. The Labute approximate surface area is 88.7 Å². The molecule has 0 amide bonds. The highest BCUT2D eigenvalue weighted by atomic mass is 32.1. The van der Waals surface area contributed by atoms with E-state index < -0.39 is 0 Å². The van der Waals surface area contributed by atoms with Gasteiger partial charge in [0, 0.05) is 5.38 Å². The lowest BCUT2D eigenvalue weighted by Crippen LogP contribution is -1.85. The largest absolute Gasteiger partial charge is 0.435 e. The van der Waals surface area contributed by atoms with Crippen molar-refractivity contribution in [3.63, 3.8) is 0 Å². The molecule has 0 spiro atoms. The second kappa shape index (κ2) is 3.03. The molecule has 0 aliphatic rings. The highest BCUT2D eigenvalue weighted by Gasteiger charge is 2.11. The molecule has 0 unspecified atom stereocenters. The Morgan fingerprint density at radius 2 is 2.27 bits per heavy atom. The van der Waals surface area contributed by atoms with Crippen LogP contribution in [0.4, 0.5) is 5.69 Å². The molecule has 6 heteroatoms. The van der Waals surface area contributed by atoms with Gasteiger partial charge >= 0.3 is 0 Å². The van der Waals surface area contributed by atoms with Gasteiger partial charge in [0.05, 0.1) is 5.69 Å². The van der Waals surface area contributed by atoms with Crippen LogP contribution in [-0.2, 0) is 0 Å². The first-order valence-electron chi connectivity index (χ1n) is 4.27. The third-order valence-corrected chi connectivity index (χ3v) is 2.53. The van der Waals surface area contributed by atoms with Gasteiger partial charge in [-0.1, -0.05) is 10.6 Å². The van der Waals surface area contributed by atoms with E-state index in [1.807, 2.05) is 12.1 Å². The average Bonchev–Trinajstić information content (AvgIpc) is 2.86. The van der Waals surface area contributed by atoms with Gasteiger partial charge in [-0.25, -0.2) is 4.98 Å². The number of para-hydroxylation sites is 1. The fourth-order valence-corrected chi connectivity index (χ4v) is 1.77. The molecule has 3 aromatic rings. The Balaban J connectivity index is 2.27. The number of hydrogen-bond donors (Lipinski definition) is 1. The van der Waals surface area contributed by atoms with E-state index in [0.717, 1.165) is 0 Å². The molecular weight excluding hydrogens is 212 g/mol. The molecule has 0 aliphatic heterocycles. The molecule has 0 fully saturated rings. The molecule has 5 nitrogen and oxygen atoms in total. The number of rotatable bonds is 1. The van der Waals surface area contributed by atoms with E-state index in [4.69, 9.17) is 10.2 Å². The quantitative estimate of drug-likeness (QED) is 0.631. The van der Waals surface area contributed by atoms with Crippen molar-refractivity contribution in [2.75, 3.05) is 5.73 Å². The average molecular weight is 218 g/mol. The Bertz CT molecular complexity index is 602. The third-order valence-electron chi connectivity index (χ3n) is 2.03. The minimum absolute atomic E-state index is 0.455. The van der Waals surface area contributed by atoms with Gasteiger partial charge in [-0.2, -0.15) is 0 Å². The van der Waals surface area contributed by atoms with Gasteiger partial charge in [0.25, 0.3) is 0 Å². The number of anilines is 1. The van der Waals surface area contributed by atoms with Gasteiger partial charge < -0.3 is 10.2 Å². The van der Waals surface area contributed by atoms with Crippen molar-refractivity contribution >= 4 is 28.3 Å². The maximum atomic E-state index is 5.77. The Morgan fingerprint density at radius 3 is 3.00 bits per heavy atom. The van der Waals surface area contributed by atoms with Crippen molar-refractivity contribution < 1.29 is 4.42 Å². The smallest absolute Gasteiger partial charge is 0.249 e. The van der Waals surface area contributed by atoms with Crippen LogP contribution in [0.15, 0.2) is 28.0 Å². The summed E-state index contributed by atoms with van der Waals surface area (Å²) in [5, 5.41) is 5.66. The molecule has 0 bridgehead atoms. The highest BCUT2D eigenvalue weighted by molar-refractivity contribution is 7.03. The number of hydrogen-bond acceptors (Lipinski definition) is 6. The lowest BCUT2D eigenvalue weighted by atomic mass is 10.3. The lowest BCUT2D eigenvalue weighted by Gasteiger charge is -1.89.